The Morgan fingerprint density at radius 3 is 2.50 bits per heavy atom. The lowest BCUT2D eigenvalue weighted by molar-refractivity contribution is 0.0916. The Morgan fingerprint density at radius 2 is 1.83 bits per heavy atom. The Balaban J connectivity index is 1.91. The Morgan fingerprint density at radius 1 is 1.17 bits per heavy atom. The lowest BCUT2D eigenvalue weighted by Gasteiger charge is -2.12. The first-order chi connectivity index (χ1) is 8.77. The molecule has 0 aliphatic heterocycles. The van der Waals surface area contributed by atoms with Crippen LogP contribution in [0.2, 0.25) is 0 Å². The minimum atomic E-state index is -0.697. The van der Waals surface area contributed by atoms with E-state index in [9.17, 15) is 9.90 Å². The van der Waals surface area contributed by atoms with Gasteiger partial charge in [-0.3, -0.25) is 9.78 Å². The highest BCUT2D eigenvalue weighted by molar-refractivity contribution is 5.93. The van der Waals surface area contributed by atoms with Gasteiger partial charge in [0.25, 0.3) is 5.91 Å². The highest BCUT2D eigenvalue weighted by Gasteiger charge is 2.09. The molecule has 18 heavy (non-hydrogen) atoms. The summed E-state index contributed by atoms with van der Waals surface area (Å²) >= 11 is 0. The van der Waals surface area contributed by atoms with Crippen LogP contribution < -0.4 is 5.32 Å². The summed E-state index contributed by atoms with van der Waals surface area (Å²) in [6.45, 7) is 0.186. The molecule has 1 atom stereocenters. The maximum absolute atomic E-state index is 11.7. The van der Waals surface area contributed by atoms with E-state index in [2.05, 4.69) is 10.3 Å². The van der Waals surface area contributed by atoms with Crippen LogP contribution in [0.25, 0.3) is 0 Å². The number of benzene rings is 1. The van der Waals surface area contributed by atoms with Gasteiger partial charge in [0, 0.05) is 24.5 Å². The SMILES string of the molecule is O=C(NC[C@H](O)c1ccccc1)c1ccncc1. The van der Waals surface area contributed by atoms with E-state index in [0.29, 0.717) is 5.56 Å². The number of aliphatic hydroxyl groups is 1. The summed E-state index contributed by atoms with van der Waals surface area (Å²) in [6.07, 6.45) is 2.42. The number of carbonyl (C=O) groups is 1. The fourth-order valence-electron chi connectivity index (χ4n) is 1.59. The maximum Gasteiger partial charge on any atom is 0.251 e. The van der Waals surface area contributed by atoms with Crippen molar-refractivity contribution in [1.29, 1.82) is 0 Å². The molecule has 1 aromatic carbocycles. The van der Waals surface area contributed by atoms with Gasteiger partial charge < -0.3 is 10.4 Å². The van der Waals surface area contributed by atoms with Crippen molar-refractivity contribution in [2.24, 2.45) is 0 Å². The predicted molar refractivity (Wildman–Crippen MR) is 68.0 cm³/mol. The van der Waals surface area contributed by atoms with E-state index >= 15 is 0 Å². The van der Waals surface area contributed by atoms with E-state index < -0.39 is 6.10 Å². The molecule has 1 heterocycles. The minimum Gasteiger partial charge on any atom is -0.387 e. The highest BCUT2D eigenvalue weighted by Crippen LogP contribution is 2.10. The van der Waals surface area contributed by atoms with Crippen LogP contribution >= 0.6 is 0 Å². The fraction of sp³-hybridized carbons (Fsp3) is 0.143. The molecule has 2 aromatic rings. The molecule has 0 aliphatic carbocycles. The largest absolute Gasteiger partial charge is 0.387 e. The van der Waals surface area contributed by atoms with Gasteiger partial charge in [0.15, 0.2) is 0 Å². The average Bonchev–Trinajstić information content (AvgIpc) is 2.46. The van der Waals surface area contributed by atoms with E-state index in [-0.39, 0.29) is 12.5 Å². The van der Waals surface area contributed by atoms with Gasteiger partial charge in [-0.25, -0.2) is 0 Å². The van der Waals surface area contributed by atoms with Gasteiger partial charge in [-0.15, -0.1) is 0 Å². The van der Waals surface area contributed by atoms with Crippen molar-refractivity contribution in [1.82, 2.24) is 10.3 Å². The molecule has 4 heteroatoms. The number of hydrogen-bond donors (Lipinski definition) is 2. The molecule has 4 nitrogen and oxygen atoms in total. The van der Waals surface area contributed by atoms with Crippen molar-refractivity contribution in [3.8, 4) is 0 Å². The predicted octanol–water partition coefficient (Wildman–Crippen LogP) is 1.55. The van der Waals surface area contributed by atoms with Crippen LogP contribution in [-0.2, 0) is 0 Å². The maximum atomic E-state index is 11.7. The van der Waals surface area contributed by atoms with Crippen molar-refractivity contribution in [3.63, 3.8) is 0 Å². The van der Waals surface area contributed by atoms with Gasteiger partial charge in [-0.05, 0) is 17.7 Å². The van der Waals surface area contributed by atoms with Crippen LogP contribution in [0.1, 0.15) is 22.0 Å². The van der Waals surface area contributed by atoms with Gasteiger partial charge in [0.05, 0.1) is 6.10 Å². The van der Waals surface area contributed by atoms with E-state index in [4.69, 9.17) is 0 Å². The highest BCUT2D eigenvalue weighted by atomic mass is 16.3. The van der Waals surface area contributed by atoms with Gasteiger partial charge in [0.1, 0.15) is 0 Å². The molecule has 0 bridgehead atoms. The zero-order valence-electron chi connectivity index (χ0n) is 9.78. The molecule has 0 saturated carbocycles. The molecule has 0 saturated heterocycles. The van der Waals surface area contributed by atoms with E-state index in [1.807, 2.05) is 30.3 Å². The van der Waals surface area contributed by atoms with Crippen LogP contribution in [0.3, 0.4) is 0 Å². The summed E-state index contributed by atoms with van der Waals surface area (Å²) in [5, 5.41) is 12.6. The van der Waals surface area contributed by atoms with Crippen molar-refractivity contribution in [3.05, 3.63) is 66.0 Å². The normalized spacial score (nSPS) is 11.8. The third kappa shape index (κ3) is 3.15. The second-order valence-corrected chi connectivity index (χ2v) is 3.87. The number of aliphatic hydroxyl groups excluding tert-OH is 1. The van der Waals surface area contributed by atoms with Crippen molar-refractivity contribution < 1.29 is 9.90 Å². The number of carbonyl (C=O) groups excluding carboxylic acids is 1. The van der Waals surface area contributed by atoms with E-state index in [1.54, 1.807) is 24.5 Å². The Labute approximate surface area is 105 Å². The monoisotopic (exact) mass is 242 g/mol. The first kappa shape index (κ1) is 12.3. The summed E-state index contributed by atoms with van der Waals surface area (Å²) in [5.41, 5.74) is 1.32. The summed E-state index contributed by atoms with van der Waals surface area (Å²) in [6, 6.07) is 12.5. The van der Waals surface area contributed by atoms with Gasteiger partial charge >= 0.3 is 0 Å². The summed E-state index contributed by atoms with van der Waals surface area (Å²) in [4.78, 5) is 15.6. The molecule has 1 aromatic heterocycles. The summed E-state index contributed by atoms with van der Waals surface area (Å²) < 4.78 is 0. The Kier molecular flexibility index (Phi) is 4.04. The van der Waals surface area contributed by atoms with Crippen molar-refractivity contribution in [2.45, 2.75) is 6.10 Å². The molecule has 0 unspecified atom stereocenters. The first-order valence-corrected chi connectivity index (χ1v) is 5.68. The Hall–Kier alpha value is -2.20. The number of nitrogens with one attached hydrogen (secondary N) is 1. The van der Waals surface area contributed by atoms with Crippen LogP contribution in [0, 0.1) is 0 Å². The molecule has 0 fully saturated rings. The zero-order valence-corrected chi connectivity index (χ0v) is 9.78. The number of nitrogens with zero attached hydrogens (tertiary/aromatic N) is 1. The van der Waals surface area contributed by atoms with Gasteiger partial charge in [0.2, 0.25) is 0 Å². The zero-order chi connectivity index (χ0) is 12.8. The Bertz CT molecular complexity index is 500. The van der Waals surface area contributed by atoms with Crippen LogP contribution in [-0.4, -0.2) is 22.5 Å². The second-order valence-electron chi connectivity index (χ2n) is 3.87. The number of amides is 1. The molecule has 2 N–H and O–H groups in total. The van der Waals surface area contributed by atoms with E-state index in [0.717, 1.165) is 5.56 Å². The first-order valence-electron chi connectivity index (χ1n) is 5.68. The summed E-state index contributed by atoms with van der Waals surface area (Å²) in [7, 11) is 0. The van der Waals surface area contributed by atoms with Crippen LogP contribution in [0.4, 0.5) is 0 Å². The third-order valence-electron chi connectivity index (χ3n) is 2.58. The molecule has 0 aliphatic rings. The average molecular weight is 242 g/mol. The summed E-state index contributed by atoms with van der Waals surface area (Å²) in [5.74, 6) is -0.215. The molecule has 2 rings (SSSR count). The second kappa shape index (κ2) is 5.93. The molecule has 92 valence electrons. The number of pyridine rings is 1. The molecule has 1 amide bonds. The quantitative estimate of drug-likeness (QED) is 0.855. The third-order valence-corrected chi connectivity index (χ3v) is 2.58. The molecular formula is C14H14N2O2. The van der Waals surface area contributed by atoms with Gasteiger partial charge in [-0.1, -0.05) is 30.3 Å². The number of rotatable bonds is 4. The van der Waals surface area contributed by atoms with Gasteiger partial charge in [-0.2, -0.15) is 0 Å². The lowest BCUT2D eigenvalue weighted by atomic mass is 10.1. The fourth-order valence-corrected chi connectivity index (χ4v) is 1.59. The minimum absolute atomic E-state index is 0.186. The van der Waals surface area contributed by atoms with Crippen molar-refractivity contribution >= 4 is 5.91 Å². The number of aromatic nitrogens is 1. The molecular weight excluding hydrogens is 228 g/mol. The molecule has 0 radical (unpaired) electrons. The van der Waals surface area contributed by atoms with Crippen molar-refractivity contribution in [2.75, 3.05) is 6.54 Å². The standard InChI is InChI=1S/C14H14N2O2/c17-13(11-4-2-1-3-5-11)10-16-14(18)12-6-8-15-9-7-12/h1-9,13,17H,10H2,(H,16,18)/t13-/m0/s1. The number of hydrogen-bond acceptors (Lipinski definition) is 3. The van der Waals surface area contributed by atoms with Crippen LogP contribution in [0.15, 0.2) is 54.9 Å². The topological polar surface area (TPSA) is 62.2 Å². The lowest BCUT2D eigenvalue weighted by Crippen LogP contribution is -2.28. The van der Waals surface area contributed by atoms with E-state index in [1.165, 1.54) is 0 Å². The molecule has 0 spiro atoms. The van der Waals surface area contributed by atoms with Crippen LogP contribution in [0.5, 0.6) is 0 Å². The smallest absolute Gasteiger partial charge is 0.251 e.